The predicted octanol–water partition coefficient (Wildman–Crippen LogP) is 2.86. The van der Waals surface area contributed by atoms with Crippen molar-refractivity contribution in [3.63, 3.8) is 0 Å². The number of aryl methyl sites for hydroxylation is 2. The Morgan fingerprint density at radius 2 is 2.16 bits per heavy atom. The number of carbonyl (C=O) groups is 1. The van der Waals surface area contributed by atoms with E-state index in [1.165, 1.54) is 16.7 Å². The first kappa shape index (κ1) is 16.1. The maximum absolute atomic E-state index is 11.3. The minimum Gasteiger partial charge on any atom is -0.465 e. The Morgan fingerprint density at radius 1 is 1.42 bits per heavy atom. The third-order valence-electron chi connectivity index (χ3n) is 2.97. The van der Waals surface area contributed by atoms with Crippen LogP contribution in [0.3, 0.4) is 0 Å². The molecule has 1 N–H and O–H groups in total. The van der Waals surface area contributed by atoms with Gasteiger partial charge >= 0.3 is 5.97 Å². The molecule has 0 aliphatic rings. The van der Waals surface area contributed by atoms with Crippen LogP contribution in [0.5, 0.6) is 0 Å². The van der Waals surface area contributed by atoms with Gasteiger partial charge in [-0.1, -0.05) is 23.8 Å². The largest absolute Gasteiger partial charge is 0.465 e. The molecule has 0 amide bonds. The monoisotopic (exact) mass is 281 g/mol. The number of hydrogen-bond donors (Lipinski definition) is 1. The van der Waals surface area contributed by atoms with Crippen LogP contribution in [0.1, 0.15) is 29.7 Å². The van der Waals surface area contributed by atoms with Gasteiger partial charge in [-0.2, -0.15) is 0 Å². The summed E-state index contributed by atoms with van der Waals surface area (Å²) in [5, 5.41) is 3.32. The molecule has 0 saturated carbocycles. The van der Waals surface area contributed by atoms with E-state index in [-0.39, 0.29) is 12.0 Å². The number of carbonyl (C=O) groups excluding carboxylic acids is 1. The van der Waals surface area contributed by atoms with Crippen LogP contribution >= 0.6 is 11.8 Å². The Morgan fingerprint density at radius 3 is 2.79 bits per heavy atom. The van der Waals surface area contributed by atoms with Gasteiger partial charge in [-0.05, 0) is 38.9 Å². The van der Waals surface area contributed by atoms with Crippen LogP contribution < -0.4 is 5.32 Å². The maximum atomic E-state index is 11.3. The van der Waals surface area contributed by atoms with Crippen LogP contribution in [-0.4, -0.2) is 31.1 Å². The van der Waals surface area contributed by atoms with Gasteiger partial charge in [0.25, 0.3) is 0 Å². The van der Waals surface area contributed by atoms with Crippen molar-refractivity contribution in [3.05, 3.63) is 34.9 Å². The summed E-state index contributed by atoms with van der Waals surface area (Å²) in [5.74, 6) is 1.14. The van der Waals surface area contributed by atoms with Gasteiger partial charge in [0.15, 0.2) is 0 Å². The molecule has 0 radical (unpaired) electrons. The molecule has 0 aromatic heterocycles. The molecular formula is C15H23NO2S. The topological polar surface area (TPSA) is 38.3 Å². The van der Waals surface area contributed by atoms with E-state index < -0.39 is 0 Å². The fourth-order valence-electron chi connectivity index (χ4n) is 1.93. The summed E-state index contributed by atoms with van der Waals surface area (Å²) in [6.45, 7) is 6.50. The van der Waals surface area contributed by atoms with Crippen molar-refractivity contribution in [2.24, 2.45) is 0 Å². The number of benzene rings is 1. The lowest BCUT2D eigenvalue weighted by molar-refractivity contribution is -0.139. The van der Waals surface area contributed by atoms with Gasteiger partial charge in [-0.15, -0.1) is 11.8 Å². The fourth-order valence-corrected chi connectivity index (χ4v) is 2.88. The van der Waals surface area contributed by atoms with Crippen molar-refractivity contribution >= 4 is 17.7 Å². The molecule has 1 aromatic rings. The Balaban J connectivity index is 2.58. The van der Waals surface area contributed by atoms with Gasteiger partial charge < -0.3 is 10.1 Å². The maximum Gasteiger partial charge on any atom is 0.315 e. The Hall–Kier alpha value is -1.00. The zero-order chi connectivity index (χ0) is 14.3. The number of thioether (sulfide) groups is 1. The first-order valence-electron chi connectivity index (χ1n) is 6.56. The zero-order valence-electron chi connectivity index (χ0n) is 12.2. The molecule has 1 atom stereocenters. The molecule has 0 spiro atoms. The van der Waals surface area contributed by atoms with Crippen LogP contribution in [0.15, 0.2) is 18.2 Å². The van der Waals surface area contributed by atoms with Gasteiger partial charge in [0.2, 0.25) is 0 Å². The molecule has 0 bridgehead atoms. The zero-order valence-corrected chi connectivity index (χ0v) is 13.0. The summed E-state index contributed by atoms with van der Waals surface area (Å²) < 4.78 is 4.93. The summed E-state index contributed by atoms with van der Waals surface area (Å²) in [6, 6.07) is 6.74. The average Bonchev–Trinajstić information content (AvgIpc) is 2.38. The number of hydrogen-bond acceptors (Lipinski definition) is 4. The van der Waals surface area contributed by atoms with E-state index in [0.717, 1.165) is 5.75 Å². The van der Waals surface area contributed by atoms with Gasteiger partial charge in [0, 0.05) is 11.8 Å². The van der Waals surface area contributed by atoms with Crippen molar-refractivity contribution in [1.82, 2.24) is 5.32 Å². The first-order valence-corrected chi connectivity index (χ1v) is 7.71. The minimum absolute atomic E-state index is 0.136. The molecule has 1 rings (SSSR count). The van der Waals surface area contributed by atoms with E-state index in [9.17, 15) is 4.79 Å². The predicted molar refractivity (Wildman–Crippen MR) is 81.7 cm³/mol. The summed E-state index contributed by atoms with van der Waals surface area (Å²) in [5.41, 5.74) is 3.84. The third kappa shape index (κ3) is 5.25. The highest BCUT2D eigenvalue weighted by atomic mass is 32.2. The lowest BCUT2D eigenvalue weighted by atomic mass is 10.0. The molecule has 0 saturated heterocycles. The molecule has 1 aromatic carbocycles. The molecule has 19 heavy (non-hydrogen) atoms. The van der Waals surface area contributed by atoms with Gasteiger partial charge in [-0.25, -0.2) is 0 Å². The minimum atomic E-state index is -0.136. The van der Waals surface area contributed by atoms with Crippen LogP contribution in [0.25, 0.3) is 0 Å². The first-order chi connectivity index (χ1) is 9.08. The van der Waals surface area contributed by atoms with Crippen LogP contribution in [0, 0.1) is 13.8 Å². The fraction of sp³-hybridized carbons (Fsp3) is 0.533. The van der Waals surface area contributed by atoms with Gasteiger partial charge in [0.05, 0.1) is 12.4 Å². The van der Waals surface area contributed by atoms with Crippen LogP contribution in [-0.2, 0) is 9.53 Å². The van der Waals surface area contributed by atoms with Crippen LogP contribution in [0.2, 0.25) is 0 Å². The molecule has 4 heteroatoms. The highest BCUT2D eigenvalue weighted by molar-refractivity contribution is 7.99. The van der Waals surface area contributed by atoms with E-state index in [4.69, 9.17) is 4.74 Å². The Kier molecular flexibility index (Phi) is 6.95. The summed E-state index contributed by atoms with van der Waals surface area (Å²) in [4.78, 5) is 11.3. The van der Waals surface area contributed by atoms with Gasteiger partial charge in [0.1, 0.15) is 0 Å². The Labute approximate surface area is 120 Å². The van der Waals surface area contributed by atoms with E-state index >= 15 is 0 Å². The number of nitrogens with one attached hydrogen (secondary N) is 1. The highest BCUT2D eigenvalue weighted by Gasteiger charge is 2.13. The SMILES string of the molecule is CCOC(=O)CSCC(NC)c1cc(C)ccc1C. The third-order valence-corrected chi connectivity index (χ3v) is 3.98. The standard InChI is InChI=1S/C15H23NO2S/c1-5-18-15(17)10-19-9-14(16-4)13-8-11(2)6-7-12(13)3/h6-8,14,16H,5,9-10H2,1-4H3. The normalized spacial score (nSPS) is 12.2. The smallest absolute Gasteiger partial charge is 0.315 e. The number of ether oxygens (including phenoxy) is 1. The van der Waals surface area contributed by atoms with Crippen molar-refractivity contribution in [3.8, 4) is 0 Å². The summed E-state index contributed by atoms with van der Waals surface area (Å²) in [7, 11) is 1.96. The van der Waals surface area contributed by atoms with Gasteiger partial charge in [-0.3, -0.25) is 4.79 Å². The average molecular weight is 281 g/mol. The number of esters is 1. The second-order valence-electron chi connectivity index (χ2n) is 4.52. The summed E-state index contributed by atoms with van der Waals surface area (Å²) >= 11 is 1.61. The second-order valence-corrected chi connectivity index (χ2v) is 5.55. The van der Waals surface area contributed by atoms with Crippen molar-refractivity contribution in [1.29, 1.82) is 0 Å². The molecule has 106 valence electrons. The molecule has 0 fully saturated rings. The molecule has 3 nitrogen and oxygen atoms in total. The quantitative estimate of drug-likeness (QED) is 0.780. The Bertz CT molecular complexity index is 421. The van der Waals surface area contributed by atoms with Crippen molar-refractivity contribution < 1.29 is 9.53 Å². The van der Waals surface area contributed by atoms with E-state index in [1.807, 2.05) is 14.0 Å². The molecule has 0 aliphatic heterocycles. The summed E-state index contributed by atoms with van der Waals surface area (Å²) in [6.07, 6.45) is 0. The lowest BCUT2D eigenvalue weighted by Gasteiger charge is -2.19. The number of rotatable bonds is 7. The molecule has 0 aliphatic carbocycles. The molecular weight excluding hydrogens is 258 g/mol. The molecule has 1 unspecified atom stereocenters. The highest BCUT2D eigenvalue weighted by Crippen LogP contribution is 2.22. The van der Waals surface area contributed by atoms with Crippen LogP contribution in [0.4, 0.5) is 0 Å². The van der Waals surface area contributed by atoms with Crippen molar-refractivity contribution in [2.75, 3.05) is 25.2 Å². The molecule has 0 heterocycles. The van der Waals surface area contributed by atoms with E-state index in [2.05, 4.69) is 37.4 Å². The van der Waals surface area contributed by atoms with E-state index in [1.54, 1.807) is 11.8 Å². The lowest BCUT2D eigenvalue weighted by Crippen LogP contribution is -2.21. The van der Waals surface area contributed by atoms with E-state index in [0.29, 0.717) is 12.4 Å². The van der Waals surface area contributed by atoms with Crippen molar-refractivity contribution in [2.45, 2.75) is 26.8 Å². The second kappa shape index (κ2) is 8.23.